The van der Waals surface area contributed by atoms with Gasteiger partial charge in [-0.3, -0.25) is 0 Å². The van der Waals surface area contributed by atoms with E-state index in [4.69, 9.17) is 9.47 Å². The fourth-order valence-corrected chi connectivity index (χ4v) is 5.47. The normalized spacial score (nSPS) is 29.2. The predicted octanol–water partition coefficient (Wildman–Crippen LogP) is 3.29. The molecule has 2 aromatic carbocycles. The molecule has 2 N–H and O–H groups in total. The van der Waals surface area contributed by atoms with Crippen molar-refractivity contribution in [3.8, 4) is 11.5 Å². The third-order valence-corrected chi connectivity index (χ3v) is 6.88. The Bertz CT molecular complexity index is 858. The first-order valence-electron chi connectivity index (χ1n) is 10.6. The summed E-state index contributed by atoms with van der Waals surface area (Å²) >= 11 is 0. The minimum Gasteiger partial charge on any atom is -0.497 e. The summed E-state index contributed by atoms with van der Waals surface area (Å²) in [6.07, 6.45) is 4.87. The van der Waals surface area contributed by atoms with Gasteiger partial charge in [-0.2, -0.15) is 0 Å². The van der Waals surface area contributed by atoms with E-state index in [9.17, 15) is 9.50 Å². The highest BCUT2D eigenvalue weighted by atomic mass is 19.1. The Morgan fingerprint density at radius 2 is 1.97 bits per heavy atom. The fraction of sp³-hybridized carbons (Fsp3) is 0.500. The van der Waals surface area contributed by atoms with Crippen LogP contribution in [0.25, 0.3) is 0 Å². The Kier molecular flexibility index (Phi) is 5.79. The number of hydrogen-bond donors (Lipinski definition) is 2. The van der Waals surface area contributed by atoms with Crippen LogP contribution in [0.5, 0.6) is 11.5 Å². The monoisotopic (exact) mass is 400 g/mol. The zero-order chi connectivity index (χ0) is 20.4. The van der Waals surface area contributed by atoms with Gasteiger partial charge in [0, 0.05) is 24.0 Å². The Labute approximate surface area is 172 Å². The van der Waals surface area contributed by atoms with E-state index in [0.29, 0.717) is 0 Å². The number of aliphatic hydroxyl groups is 1. The maximum Gasteiger partial charge on any atom is 0.131 e. The third-order valence-electron chi connectivity index (χ3n) is 6.88. The highest BCUT2D eigenvalue weighted by Crippen LogP contribution is 2.46. The smallest absolute Gasteiger partial charge is 0.131 e. The van der Waals surface area contributed by atoms with Gasteiger partial charge in [0.2, 0.25) is 0 Å². The molecule has 4 atom stereocenters. The van der Waals surface area contributed by atoms with Gasteiger partial charge in [-0.1, -0.05) is 25.0 Å². The van der Waals surface area contributed by atoms with Gasteiger partial charge in [-0.25, -0.2) is 4.39 Å². The van der Waals surface area contributed by atoms with Crippen LogP contribution in [0.15, 0.2) is 42.5 Å². The molecule has 156 valence electrons. The van der Waals surface area contributed by atoms with Crippen LogP contribution in [0.2, 0.25) is 0 Å². The first-order chi connectivity index (χ1) is 14.0. The van der Waals surface area contributed by atoms with Crippen molar-refractivity contribution in [2.45, 2.75) is 50.3 Å². The largest absolute Gasteiger partial charge is 0.497 e. The number of likely N-dealkylation sites (tertiary alicyclic amines) is 1. The van der Waals surface area contributed by atoms with Gasteiger partial charge < -0.3 is 19.5 Å². The molecule has 4 nitrogen and oxygen atoms in total. The van der Waals surface area contributed by atoms with E-state index in [1.54, 1.807) is 26.4 Å². The Hall–Kier alpha value is -2.11. The van der Waals surface area contributed by atoms with Gasteiger partial charge in [0.25, 0.3) is 0 Å². The van der Waals surface area contributed by atoms with E-state index in [1.807, 2.05) is 18.2 Å². The number of halogens is 1. The van der Waals surface area contributed by atoms with E-state index in [0.717, 1.165) is 67.8 Å². The average Bonchev–Trinajstić information content (AvgIpc) is 2.73. The summed E-state index contributed by atoms with van der Waals surface area (Å²) in [5.41, 5.74) is 1.46. The Balaban J connectivity index is 1.74. The van der Waals surface area contributed by atoms with E-state index in [2.05, 4.69) is 6.07 Å². The number of ether oxygens (including phenoxy) is 2. The molecule has 2 aliphatic rings. The van der Waals surface area contributed by atoms with Gasteiger partial charge in [-0.05, 0) is 37.1 Å². The standard InChI is InChI=1S/C24H30FNO3/c1-28-19-9-10-20(22(15-19)29-2)23-21-8-3-4-11-24(21,27)12-13-26(23)16-17-6-5-7-18(25)14-17/h5-7,9-10,14-15,21,23,27H,3-4,8,11-13,16H2,1-2H3/p+1/t21-,23-,24+/m1/s1. The van der Waals surface area contributed by atoms with Crippen LogP contribution in [-0.2, 0) is 6.54 Å². The molecule has 4 rings (SSSR count). The summed E-state index contributed by atoms with van der Waals surface area (Å²) in [6.45, 7) is 1.58. The first kappa shape index (κ1) is 20.2. The summed E-state index contributed by atoms with van der Waals surface area (Å²) in [6, 6.07) is 12.9. The minimum atomic E-state index is -0.626. The van der Waals surface area contributed by atoms with Crippen LogP contribution in [0.1, 0.15) is 49.3 Å². The van der Waals surface area contributed by atoms with Crippen molar-refractivity contribution in [1.82, 2.24) is 0 Å². The number of benzene rings is 2. The number of quaternary nitrogens is 1. The quantitative estimate of drug-likeness (QED) is 0.809. The lowest BCUT2D eigenvalue weighted by molar-refractivity contribution is -0.958. The molecule has 2 fully saturated rings. The molecule has 2 aromatic rings. The van der Waals surface area contributed by atoms with Crippen LogP contribution in [-0.4, -0.2) is 31.5 Å². The average molecular weight is 401 g/mol. The van der Waals surface area contributed by atoms with Crippen molar-refractivity contribution < 1.29 is 23.9 Å². The number of rotatable bonds is 5. The van der Waals surface area contributed by atoms with E-state index >= 15 is 0 Å². The molecular weight excluding hydrogens is 369 g/mol. The highest BCUT2D eigenvalue weighted by Gasteiger charge is 2.52. The fourth-order valence-electron chi connectivity index (χ4n) is 5.47. The van der Waals surface area contributed by atoms with Crippen LogP contribution in [0.3, 0.4) is 0 Å². The van der Waals surface area contributed by atoms with Gasteiger partial charge in [-0.15, -0.1) is 0 Å². The van der Waals surface area contributed by atoms with Crippen LogP contribution < -0.4 is 14.4 Å². The number of nitrogens with one attached hydrogen (secondary N) is 1. The maximum absolute atomic E-state index is 13.8. The van der Waals surface area contributed by atoms with Gasteiger partial charge in [0.15, 0.2) is 0 Å². The summed E-state index contributed by atoms with van der Waals surface area (Å²) in [5.74, 6) is 1.51. The lowest BCUT2D eigenvalue weighted by Crippen LogP contribution is -3.13. The molecule has 29 heavy (non-hydrogen) atoms. The minimum absolute atomic E-state index is 0.0955. The SMILES string of the molecule is COc1ccc([C@@H]2[C@H]3CCCC[C@]3(O)CC[NH+]2Cc2cccc(F)c2)c(OC)c1. The van der Waals surface area contributed by atoms with Gasteiger partial charge >= 0.3 is 0 Å². The number of methoxy groups -OCH3 is 2. The molecule has 0 bridgehead atoms. The van der Waals surface area contributed by atoms with E-state index < -0.39 is 5.60 Å². The molecule has 0 radical (unpaired) electrons. The highest BCUT2D eigenvalue weighted by molar-refractivity contribution is 5.42. The molecule has 5 heteroatoms. The van der Waals surface area contributed by atoms with Crippen LogP contribution in [0.4, 0.5) is 4.39 Å². The zero-order valence-corrected chi connectivity index (χ0v) is 17.3. The van der Waals surface area contributed by atoms with Crippen molar-refractivity contribution in [3.05, 3.63) is 59.4 Å². The molecule has 1 heterocycles. The molecule has 1 unspecified atom stereocenters. The molecule has 0 spiro atoms. The van der Waals surface area contributed by atoms with Crippen molar-refractivity contribution in [2.75, 3.05) is 20.8 Å². The second-order valence-corrected chi connectivity index (χ2v) is 8.51. The lowest BCUT2D eigenvalue weighted by atomic mass is 9.66. The molecule has 1 saturated heterocycles. The third kappa shape index (κ3) is 3.99. The van der Waals surface area contributed by atoms with Crippen molar-refractivity contribution in [3.63, 3.8) is 0 Å². The molecule has 0 amide bonds. The van der Waals surface area contributed by atoms with Crippen LogP contribution >= 0.6 is 0 Å². The summed E-state index contributed by atoms with van der Waals surface area (Å²) in [5, 5.41) is 11.5. The maximum atomic E-state index is 13.8. The number of fused-ring (bicyclic) bond motifs is 1. The topological polar surface area (TPSA) is 43.1 Å². The first-order valence-corrected chi connectivity index (χ1v) is 10.6. The van der Waals surface area contributed by atoms with Gasteiger partial charge in [0.1, 0.15) is 29.9 Å². The van der Waals surface area contributed by atoms with Crippen molar-refractivity contribution in [2.24, 2.45) is 5.92 Å². The summed E-state index contributed by atoms with van der Waals surface area (Å²) in [4.78, 5) is 1.36. The molecule has 1 aliphatic heterocycles. The zero-order valence-electron chi connectivity index (χ0n) is 17.3. The molecule has 1 saturated carbocycles. The van der Waals surface area contributed by atoms with Gasteiger partial charge in [0.05, 0.1) is 31.9 Å². The second kappa shape index (κ2) is 8.33. The summed E-state index contributed by atoms with van der Waals surface area (Å²) < 4.78 is 24.9. The lowest BCUT2D eigenvalue weighted by Gasteiger charge is -2.50. The second-order valence-electron chi connectivity index (χ2n) is 8.51. The number of piperidine rings is 1. The molecular formula is C24H31FNO3+. The van der Waals surface area contributed by atoms with E-state index in [-0.39, 0.29) is 17.8 Å². The Morgan fingerprint density at radius 1 is 1.10 bits per heavy atom. The van der Waals surface area contributed by atoms with Crippen molar-refractivity contribution >= 4 is 0 Å². The molecule has 0 aromatic heterocycles. The van der Waals surface area contributed by atoms with E-state index in [1.165, 1.54) is 11.0 Å². The predicted molar refractivity (Wildman–Crippen MR) is 110 cm³/mol. The van der Waals surface area contributed by atoms with Crippen molar-refractivity contribution in [1.29, 1.82) is 0 Å². The van der Waals surface area contributed by atoms with Crippen LogP contribution in [0, 0.1) is 11.7 Å². The number of hydrogen-bond acceptors (Lipinski definition) is 3. The Morgan fingerprint density at radius 3 is 2.72 bits per heavy atom. The molecule has 1 aliphatic carbocycles. The summed E-state index contributed by atoms with van der Waals surface area (Å²) in [7, 11) is 3.33.